The summed E-state index contributed by atoms with van der Waals surface area (Å²) in [5, 5.41) is 9.10. The molecule has 1 aliphatic rings. The van der Waals surface area contributed by atoms with Crippen LogP contribution in [0.5, 0.6) is 0 Å². The molecule has 18 heavy (non-hydrogen) atoms. The molecule has 0 aliphatic carbocycles. The second-order valence-corrected chi connectivity index (χ2v) is 6.57. The molecule has 2 heterocycles. The summed E-state index contributed by atoms with van der Waals surface area (Å²) in [6.45, 7) is 0. The highest BCUT2D eigenvalue weighted by atomic mass is 32.2. The number of pyridine rings is 1. The van der Waals surface area contributed by atoms with Crippen molar-refractivity contribution in [3.8, 4) is 6.07 Å². The monoisotopic (exact) mass is 264 g/mol. The number of aromatic nitrogens is 1. The highest BCUT2D eigenvalue weighted by molar-refractivity contribution is 7.91. The molecule has 0 radical (unpaired) electrons. The molecule has 1 aromatic heterocycles. The minimum Gasteiger partial charge on any atom is -0.297 e. The highest BCUT2D eigenvalue weighted by Crippen LogP contribution is 2.26. The van der Waals surface area contributed by atoms with E-state index in [2.05, 4.69) is 4.98 Å². The van der Waals surface area contributed by atoms with Crippen LogP contribution in [-0.2, 0) is 14.6 Å². The Balaban J connectivity index is 2.21. The number of hydrogen-bond donors (Lipinski definition) is 0. The summed E-state index contributed by atoms with van der Waals surface area (Å²) in [7, 11) is -3.11. The molecule has 2 unspecified atom stereocenters. The van der Waals surface area contributed by atoms with E-state index in [1.54, 1.807) is 12.1 Å². The van der Waals surface area contributed by atoms with Crippen molar-refractivity contribution in [3.63, 3.8) is 0 Å². The third-order valence-electron chi connectivity index (χ3n) is 3.09. The molecule has 94 valence electrons. The van der Waals surface area contributed by atoms with Crippen molar-refractivity contribution in [1.29, 1.82) is 5.26 Å². The second kappa shape index (κ2) is 4.86. The third-order valence-corrected chi connectivity index (χ3v) is 4.86. The fourth-order valence-electron chi connectivity index (χ4n) is 2.11. The zero-order valence-corrected chi connectivity index (χ0v) is 10.4. The van der Waals surface area contributed by atoms with Crippen LogP contribution in [0.4, 0.5) is 0 Å². The Kier molecular flexibility index (Phi) is 3.43. The van der Waals surface area contributed by atoms with Crippen molar-refractivity contribution in [2.75, 3.05) is 11.5 Å². The van der Waals surface area contributed by atoms with Gasteiger partial charge in [-0.15, -0.1) is 0 Å². The molecule has 0 N–H and O–H groups in total. The summed E-state index contributed by atoms with van der Waals surface area (Å²) >= 11 is 0. The van der Waals surface area contributed by atoms with Gasteiger partial charge in [0, 0.05) is 18.3 Å². The zero-order valence-electron chi connectivity index (χ0n) is 9.61. The Bertz CT molecular complexity index is 589. The van der Waals surface area contributed by atoms with Crippen LogP contribution >= 0.6 is 0 Å². The lowest BCUT2D eigenvalue weighted by atomic mass is 9.88. The predicted octanol–water partition coefficient (Wildman–Crippen LogP) is 0.693. The molecule has 0 saturated carbocycles. The van der Waals surface area contributed by atoms with Gasteiger partial charge in [-0.2, -0.15) is 5.26 Å². The van der Waals surface area contributed by atoms with E-state index in [0.717, 1.165) is 0 Å². The van der Waals surface area contributed by atoms with Crippen molar-refractivity contribution >= 4 is 15.6 Å². The summed E-state index contributed by atoms with van der Waals surface area (Å²) in [5.41, 5.74) is 0.571. The van der Waals surface area contributed by atoms with Crippen LogP contribution in [0.15, 0.2) is 24.5 Å². The Morgan fingerprint density at radius 1 is 1.44 bits per heavy atom. The number of nitriles is 1. The van der Waals surface area contributed by atoms with Gasteiger partial charge in [-0.05, 0) is 24.1 Å². The number of rotatable bonds is 3. The van der Waals surface area contributed by atoms with Crippen LogP contribution in [0.2, 0.25) is 0 Å². The normalized spacial score (nSPS) is 23.2. The van der Waals surface area contributed by atoms with Gasteiger partial charge in [-0.25, -0.2) is 8.42 Å². The fraction of sp³-hybridized carbons (Fsp3) is 0.417. The molecule has 1 saturated heterocycles. The van der Waals surface area contributed by atoms with Gasteiger partial charge in [0.2, 0.25) is 0 Å². The number of ketones is 1. The minimum atomic E-state index is -3.11. The third kappa shape index (κ3) is 2.57. The molecule has 1 aliphatic heterocycles. The molecule has 0 amide bonds. The van der Waals surface area contributed by atoms with Crippen LogP contribution in [0.1, 0.15) is 17.9 Å². The first-order valence-electron chi connectivity index (χ1n) is 5.57. The molecule has 1 aromatic rings. The van der Waals surface area contributed by atoms with E-state index in [4.69, 9.17) is 5.26 Å². The Labute approximate surface area is 105 Å². The van der Waals surface area contributed by atoms with Crippen LogP contribution < -0.4 is 0 Å². The molecular formula is C12H12N2O3S. The number of sulfone groups is 1. The highest BCUT2D eigenvalue weighted by Gasteiger charge is 2.36. The first-order valence-corrected chi connectivity index (χ1v) is 7.39. The first-order chi connectivity index (χ1) is 8.53. The Hall–Kier alpha value is -1.74. The molecule has 1 fully saturated rings. The van der Waals surface area contributed by atoms with Crippen molar-refractivity contribution in [1.82, 2.24) is 4.98 Å². The lowest BCUT2D eigenvalue weighted by Crippen LogP contribution is -2.22. The minimum absolute atomic E-state index is 0.0396. The van der Waals surface area contributed by atoms with Crippen LogP contribution in [0.25, 0.3) is 0 Å². The average Bonchev–Trinajstić information content (AvgIpc) is 2.72. The maximum Gasteiger partial charge on any atom is 0.158 e. The summed E-state index contributed by atoms with van der Waals surface area (Å²) in [5.74, 6) is -1.84. The lowest BCUT2D eigenvalue weighted by Gasteiger charge is -2.12. The molecule has 2 rings (SSSR count). The number of carbonyl (C=O) groups excluding carboxylic acids is 1. The lowest BCUT2D eigenvalue weighted by molar-refractivity contribution is -0.122. The van der Waals surface area contributed by atoms with E-state index in [-0.39, 0.29) is 17.3 Å². The van der Waals surface area contributed by atoms with Gasteiger partial charge in [-0.3, -0.25) is 9.78 Å². The number of hydrogen-bond acceptors (Lipinski definition) is 5. The fourth-order valence-corrected chi connectivity index (χ4v) is 3.87. The molecule has 5 nitrogen and oxygen atoms in total. The van der Waals surface area contributed by atoms with Crippen molar-refractivity contribution in [2.24, 2.45) is 5.92 Å². The van der Waals surface area contributed by atoms with Crippen LogP contribution in [0.3, 0.4) is 0 Å². The van der Waals surface area contributed by atoms with E-state index < -0.39 is 21.7 Å². The van der Waals surface area contributed by atoms with Gasteiger partial charge in [0.05, 0.1) is 17.6 Å². The summed E-state index contributed by atoms with van der Waals surface area (Å²) in [6.07, 6.45) is 3.35. The van der Waals surface area contributed by atoms with E-state index in [1.807, 2.05) is 6.07 Å². The van der Waals surface area contributed by atoms with Gasteiger partial charge in [0.1, 0.15) is 5.92 Å². The Morgan fingerprint density at radius 3 is 2.61 bits per heavy atom. The van der Waals surface area contributed by atoms with Gasteiger partial charge in [0.15, 0.2) is 15.6 Å². The topological polar surface area (TPSA) is 87.9 Å². The van der Waals surface area contributed by atoms with Gasteiger partial charge >= 0.3 is 0 Å². The van der Waals surface area contributed by atoms with Crippen molar-refractivity contribution < 1.29 is 13.2 Å². The van der Waals surface area contributed by atoms with Crippen LogP contribution in [0, 0.1) is 17.2 Å². The second-order valence-electron chi connectivity index (χ2n) is 4.34. The molecular weight excluding hydrogens is 252 g/mol. The van der Waals surface area contributed by atoms with E-state index in [0.29, 0.717) is 12.0 Å². The zero-order chi connectivity index (χ0) is 13.2. The molecule has 0 bridgehead atoms. The first kappa shape index (κ1) is 12.7. The maximum absolute atomic E-state index is 12.2. The smallest absolute Gasteiger partial charge is 0.158 e. The SMILES string of the molecule is N#CC(C(=O)C1CCS(=O)(=O)C1)c1ccncc1. The molecule has 0 aromatic carbocycles. The predicted molar refractivity (Wildman–Crippen MR) is 64.4 cm³/mol. The van der Waals surface area contributed by atoms with Crippen LogP contribution in [-0.4, -0.2) is 30.7 Å². The van der Waals surface area contributed by atoms with Gasteiger partial charge < -0.3 is 0 Å². The molecule has 6 heteroatoms. The van der Waals surface area contributed by atoms with Gasteiger partial charge in [-0.1, -0.05) is 0 Å². The molecule has 2 atom stereocenters. The number of nitrogens with zero attached hydrogens (tertiary/aromatic N) is 2. The average molecular weight is 264 g/mol. The standard InChI is InChI=1S/C12H12N2O3S/c13-7-11(9-1-4-14-5-2-9)12(15)10-3-6-18(16,17)8-10/h1-2,4-5,10-11H,3,6,8H2. The van der Waals surface area contributed by atoms with Gasteiger partial charge in [0.25, 0.3) is 0 Å². The maximum atomic E-state index is 12.2. The summed E-state index contributed by atoms with van der Waals surface area (Å²) < 4.78 is 22.7. The Morgan fingerprint density at radius 2 is 2.11 bits per heavy atom. The number of carbonyl (C=O) groups is 1. The van der Waals surface area contributed by atoms with Crippen molar-refractivity contribution in [2.45, 2.75) is 12.3 Å². The quantitative estimate of drug-likeness (QED) is 0.801. The van der Waals surface area contributed by atoms with E-state index in [1.165, 1.54) is 12.4 Å². The van der Waals surface area contributed by atoms with E-state index in [9.17, 15) is 13.2 Å². The molecule has 0 spiro atoms. The summed E-state index contributed by atoms with van der Waals surface area (Å²) in [6, 6.07) is 5.16. The van der Waals surface area contributed by atoms with E-state index >= 15 is 0 Å². The number of Topliss-reactive ketones (excluding diaryl/α,β-unsaturated/α-hetero) is 1. The summed E-state index contributed by atoms with van der Waals surface area (Å²) in [4.78, 5) is 16.0. The van der Waals surface area contributed by atoms with Crippen molar-refractivity contribution in [3.05, 3.63) is 30.1 Å². The largest absolute Gasteiger partial charge is 0.297 e.